The molecule has 1 amide bonds. The standard InChI is InChI=1S/C23H24N2O5/c1-15(17-7-6-16-4-2-3-5-18(16)10-17)24-22(26)9-8-19-11-21(25(27)28)12-20-13-29-14-30-23(19)20/h6-12,15H,2-5,13-14H2,1H3,(H,24,26)/b9-8+/t15-/m0/s1. The Labute approximate surface area is 174 Å². The van der Waals surface area contributed by atoms with Gasteiger partial charge < -0.3 is 14.8 Å². The molecule has 1 N–H and O–H groups in total. The molecule has 30 heavy (non-hydrogen) atoms. The minimum Gasteiger partial charge on any atom is -0.467 e. The molecule has 7 heteroatoms. The van der Waals surface area contributed by atoms with E-state index in [4.69, 9.17) is 9.47 Å². The zero-order chi connectivity index (χ0) is 21.1. The number of nitro benzene ring substituents is 1. The van der Waals surface area contributed by atoms with Crippen LogP contribution < -0.4 is 10.1 Å². The first-order chi connectivity index (χ1) is 14.5. The summed E-state index contributed by atoms with van der Waals surface area (Å²) in [5, 5.41) is 14.2. The van der Waals surface area contributed by atoms with E-state index < -0.39 is 4.92 Å². The summed E-state index contributed by atoms with van der Waals surface area (Å²) in [5.74, 6) is 0.242. The van der Waals surface area contributed by atoms with E-state index in [2.05, 4.69) is 23.5 Å². The van der Waals surface area contributed by atoms with Crippen LogP contribution in [0.1, 0.15) is 53.6 Å². The SMILES string of the molecule is C[C@H](NC(=O)/C=C/c1cc([N+](=O)[O-])cc2c1OCOC2)c1ccc2c(c1)CCCC2. The molecule has 7 nitrogen and oxygen atoms in total. The van der Waals surface area contributed by atoms with Gasteiger partial charge in [0.2, 0.25) is 5.91 Å². The second-order valence-corrected chi connectivity index (χ2v) is 7.69. The number of nitrogens with one attached hydrogen (secondary N) is 1. The first kappa shape index (κ1) is 20.1. The average Bonchev–Trinajstić information content (AvgIpc) is 2.76. The van der Waals surface area contributed by atoms with Gasteiger partial charge in [-0.1, -0.05) is 18.2 Å². The first-order valence-corrected chi connectivity index (χ1v) is 10.1. The quantitative estimate of drug-likeness (QED) is 0.454. The third kappa shape index (κ3) is 4.36. The summed E-state index contributed by atoms with van der Waals surface area (Å²) in [6.07, 6.45) is 7.59. The highest BCUT2D eigenvalue weighted by Gasteiger charge is 2.20. The summed E-state index contributed by atoms with van der Waals surface area (Å²) in [6, 6.07) is 9.12. The lowest BCUT2D eigenvalue weighted by Crippen LogP contribution is -2.25. The van der Waals surface area contributed by atoms with Gasteiger partial charge in [-0.15, -0.1) is 0 Å². The zero-order valence-electron chi connectivity index (χ0n) is 16.8. The van der Waals surface area contributed by atoms with E-state index in [9.17, 15) is 14.9 Å². The monoisotopic (exact) mass is 408 g/mol. The first-order valence-electron chi connectivity index (χ1n) is 10.1. The number of carbonyl (C=O) groups excluding carboxylic acids is 1. The molecule has 2 aromatic rings. The number of ether oxygens (including phenoxy) is 2. The Morgan fingerprint density at radius 3 is 2.77 bits per heavy atom. The lowest BCUT2D eigenvalue weighted by molar-refractivity contribution is -0.385. The van der Waals surface area contributed by atoms with Crippen LogP contribution in [0.2, 0.25) is 0 Å². The van der Waals surface area contributed by atoms with E-state index in [1.54, 1.807) is 6.08 Å². The molecule has 0 spiro atoms. The van der Waals surface area contributed by atoms with Gasteiger partial charge in [0.1, 0.15) is 5.75 Å². The van der Waals surface area contributed by atoms with Crippen molar-refractivity contribution in [2.75, 3.05) is 6.79 Å². The van der Waals surface area contributed by atoms with Crippen LogP contribution in [0.5, 0.6) is 5.75 Å². The lowest BCUT2D eigenvalue weighted by atomic mass is 9.89. The number of benzene rings is 2. The Kier molecular flexibility index (Phi) is 5.81. The van der Waals surface area contributed by atoms with Crippen molar-refractivity contribution >= 4 is 17.7 Å². The van der Waals surface area contributed by atoms with Crippen LogP contribution in [0.4, 0.5) is 5.69 Å². The molecule has 0 aromatic heterocycles. The van der Waals surface area contributed by atoms with Crippen LogP contribution in [0, 0.1) is 10.1 Å². The number of non-ortho nitro benzene ring substituents is 1. The van der Waals surface area contributed by atoms with Crippen molar-refractivity contribution < 1.29 is 19.2 Å². The number of carbonyl (C=O) groups is 1. The molecule has 0 fully saturated rings. The van der Waals surface area contributed by atoms with Crippen LogP contribution in [0.25, 0.3) is 6.08 Å². The summed E-state index contributed by atoms with van der Waals surface area (Å²) >= 11 is 0. The molecule has 0 unspecified atom stereocenters. The maximum absolute atomic E-state index is 12.5. The number of aryl methyl sites for hydroxylation is 2. The predicted molar refractivity (Wildman–Crippen MR) is 112 cm³/mol. The highest BCUT2D eigenvalue weighted by molar-refractivity contribution is 5.92. The van der Waals surface area contributed by atoms with Crippen molar-refractivity contribution in [3.8, 4) is 5.75 Å². The fourth-order valence-corrected chi connectivity index (χ4v) is 3.99. The van der Waals surface area contributed by atoms with E-state index in [-0.39, 0.29) is 31.0 Å². The fraction of sp³-hybridized carbons (Fsp3) is 0.348. The maximum atomic E-state index is 12.5. The van der Waals surface area contributed by atoms with Crippen molar-refractivity contribution in [2.24, 2.45) is 0 Å². The Morgan fingerprint density at radius 1 is 1.17 bits per heavy atom. The number of rotatable bonds is 5. The number of nitro groups is 1. The van der Waals surface area contributed by atoms with E-state index in [1.807, 2.05) is 6.92 Å². The molecular formula is C23H24N2O5. The van der Waals surface area contributed by atoms with Crippen LogP contribution in [0.15, 0.2) is 36.4 Å². The molecule has 4 rings (SSSR count). The van der Waals surface area contributed by atoms with Gasteiger partial charge in [-0.3, -0.25) is 14.9 Å². The summed E-state index contributed by atoms with van der Waals surface area (Å²) in [7, 11) is 0. The number of fused-ring (bicyclic) bond motifs is 2. The molecular weight excluding hydrogens is 384 g/mol. The normalized spacial score (nSPS) is 16.3. The fourth-order valence-electron chi connectivity index (χ4n) is 3.99. The van der Waals surface area contributed by atoms with Crippen molar-refractivity contribution in [3.05, 3.63) is 74.3 Å². The Morgan fingerprint density at radius 2 is 1.97 bits per heavy atom. The molecule has 0 saturated carbocycles. The zero-order valence-corrected chi connectivity index (χ0v) is 16.8. The summed E-state index contributed by atoms with van der Waals surface area (Å²) in [6.45, 7) is 2.26. The largest absolute Gasteiger partial charge is 0.467 e. The van der Waals surface area contributed by atoms with E-state index in [0.29, 0.717) is 16.9 Å². The van der Waals surface area contributed by atoms with Crippen molar-refractivity contribution in [2.45, 2.75) is 45.3 Å². The summed E-state index contributed by atoms with van der Waals surface area (Å²) in [5.41, 5.74) is 4.87. The molecule has 0 bridgehead atoms. The van der Waals surface area contributed by atoms with Gasteiger partial charge in [-0.2, -0.15) is 0 Å². The second-order valence-electron chi connectivity index (χ2n) is 7.69. The predicted octanol–water partition coefficient (Wildman–Crippen LogP) is 4.23. The minimum atomic E-state index is -0.468. The molecule has 1 heterocycles. The maximum Gasteiger partial charge on any atom is 0.270 e. The highest BCUT2D eigenvalue weighted by atomic mass is 16.7. The summed E-state index contributed by atoms with van der Waals surface area (Å²) < 4.78 is 10.7. The topological polar surface area (TPSA) is 90.7 Å². The van der Waals surface area contributed by atoms with Gasteiger partial charge >= 0.3 is 0 Å². The average molecular weight is 408 g/mol. The Bertz CT molecular complexity index is 1010. The minimum absolute atomic E-state index is 0.0645. The van der Waals surface area contributed by atoms with Crippen LogP contribution >= 0.6 is 0 Å². The smallest absolute Gasteiger partial charge is 0.270 e. The second kappa shape index (κ2) is 8.67. The number of hydrogen-bond acceptors (Lipinski definition) is 5. The van der Waals surface area contributed by atoms with Gasteiger partial charge in [0.05, 0.1) is 17.6 Å². The molecule has 1 aliphatic heterocycles. The highest BCUT2D eigenvalue weighted by Crippen LogP contribution is 2.33. The van der Waals surface area contributed by atoms with Crippen LogP contribution in [-0.4, -0.2) is 17.6 Å². The van der Waals surface area contributed by atoms with Crippen LogP contribution in [0.3, 0.4) is 0 Å². The van der Waals surface area contributed by atoms with E-state index >= 15 is 0 Å². The third-order valence-corrected chi connectivity index (χ3v) is 5.58. The molecule has 2 aliphatic rings. The van der Waals surface area contributed by atoms with E-state index in [1.165, 1.54) is 42.2 Å². The Balaban J connectivity index is 1.49. The number of hydrogen-bond donors (Lipinski definition) is 1. The number of nitrogens with zero attached hydrogens (tertiary/aromatic N) is 1. The molecule has 1 aliphatic carbocycles. The molecule has 156 valence electrons. The van der Waals surface area contributed by atoms with Gasteiger partial charge in [-0.05, 0) is 55.4 Å². The van der Waals surface area contributed by atoms with Gasteiger partial charge in [0, 0.05) is 29.3 Å². The number of amides is 1. The molecule has 0 radical (unpaired) electrons. The molecule has 1 atom stereocenters. The summed E-state index contributed by atoms with van der Waals surface area (Å²) in [4.78, 5) is 23.2. The van der Waals surface area contributed by atoms with Gasteiger partial charge in [0.25, 0.3) is 5.69 Å². The van der Waals surface area contributed by atoms with Crippen LogP contribution in [-0.2, 0) is 29.0 Å². The Hall–Kier alpha value is -3.19. The van der Waals surface area contributed by atoms with Crippen molar-refractivity contribution in [3.63, 3.8) is 0 Å². The van der Waals surface area contributed by atoms with Gasteiger partial charge in [0.15, 0.2) is 6.79 Å². The van der Waals surface area contributed by atoms with Crippen molar-refractivity contribution in [1.82, 2.24) is 5.32 Å². The van der Waals surface area contributed by atoms with Crippen molar-refractivity contribution in [1.29, 1.82) is 0 Å². The third-order valence-electron chi connectivity index (χ3n) is 5.58. The van der Waals surface area contributed by atoms with Gasteiger partial charge in [-0.25, -0.2) is 0 Å². The van der Waals surface area contributed by atoms with E-state index in [0.717, 1.165) is 18.4 Å². The molecule has 0 saturated heterocycles. The molecule has 2 aromatic carbocycles. The lowest BCUT2D eigenvalue weighted by Gasteiger charge is -2.20.